The lowest BCUT2D eigenvalue weighted by molar-refractivity contribution is 0.206. The fourth-order valence-electron chi connectivity index (χ4n) is 2.71. The Balaban J connectivity index is 0.00000100. The number of benzene rings is 1. The molecule has 24 heavy (non-hydrogen) atoms. The third kappa shape index (κ3) is 4.92. The van der Waals surface area contributed by atoms with Gasteiger partial charge in [0.15, 0.2) is 0 Å². The summed E-state index contributed by atoms with van der Waals surface area (Å²) in [5.74, 6) is 0.628. The zero-order valence-electron chi connectivity index (χ0n) is 14.9. The molecule has 1 aliphatic rings. The maximum absolute atomic E-state index is 6.02. The van der Waals surface area contributed by atoms with Gasteiger partial charge in [-0.05, 0) is 31.0 Å². The van der Waals surface area contributed by atoms with E-state index in [0.29, 0.717) is 5.88 Å². The summed E-state index contributed by atoms with van der Waals surface area (Å²) in [5, 5.41) is 0.269. The van der Waals surface area contributed by atoms with E-state index in [1.807, 2.05) is 33.8 Å². The zero-order chi connectivity index (χ0) is 17.5. The SMILES string of the molecule is CC.CC(C)Oc1nc(Cl)nc2c1CN(Cc1ccccc1)CC2. The Hall–Kier alpha value is -1.65. The van der Waals surface area contributed by atoms with Crippen LogP contribution < -0.4 is 4.74 Å². The van der Waals surface area contributed by atoms with Crippen LogP contribution in [-0.2, 0) is 19.5 Å². The van der Waals surface area contributed by atoms with Gasteiger partial charge in [0.05, 0.1) is 17.4 Å². The monoisotopic (exact) mass is 347 g/mol. The lowest BCUT2D eigenvalue weighted by atomic mass is 10.1. The van der Waals surface area contributed by atoms with Crippen LogP contribution in [0.3, 0.4) is 0 Å². The first-order valence-corrected chi connectivity index (χ1v) is 8.98. The Kier molecular flexibility index (Phi) is 7.00. The summed E-state index contributed by atoms with van der Waals surface area (Å²) >= 11 is 6.02. The molecule has 2 aromatic rings. The van der Waals surface area contributed by atoms with Crippen molar-refractivity contribution >= 4 is 11.6 Å². The molecule has 0 radical (unpaired) electrons. The Bertz CT molecular complexity index is 647. The number of nitrogens with zero attached hydrogens (tertiary/aromatic N) is 3. The maximum atomic E-state index is 6.02. The van der Waals surface area contributed by atoms with E-state index in [1.165, 1.54) is 5.56 Å². The van der Waals surface area contributed by atoms with Gasteiger partial charge in [-0.3, -0.25) is 4.90 Å². The van der Waals surface area contributed by atoms with Gasteiger partial charge in [0.1, 0.15) is 0 Å². The molecular weight excluding hydrogens is 322 g/mol. The molecule has 3 rings (SSSR count). The number of fused-ring (bicyclic) bond motifs is 1. The quantitative estimate of drug-likeness (QED) is 0.763. The first kappa shape index (κ1) is 18.7. The molecule has 4 nitrogen and oxygen atoms in total. The minimum absolute atomic E-state index is 0.0690. The maximum Gasteiger partial charge on any atom is 0.225 e. The molecule has 2 heterocycles. The largest absolute Gasteiger partial charge is 0.475 e. The fraction of sp³-hybridized carbons (Fsp3) is 0.474. The van der Waals surface area contributed by atoms with E-state index >= 15 is 0 Å². The molecule has 0 saturated carbocycles. The smallest absolute Gasteiger partial charge is 0.225 e. The molecule has 0 unspecified atom stereocenters. The highest BCUT2D eigenvalue weighted by Crippen LogP contribution is 2.28. The van der Waals surface area contributed by atoms with E-state index in [4.69, 9.17) is 16.3 Å². The summed E-state index contributed by atoms with van der Waals surface area (Å²) < 4.78 is 5.83. The van der Waals surface area contributed by atoms with Gasteiger partial charge in [-0.15, -0.1) is 0 Å². The molecule has 0 amide bonds. The molecule has 0 spiro atoms. The Morgan fingerprint density at radius 3 is 2.54 bits per heavy atom. The topological polar surface area (TPSA) is 38.3 Å². The first-order chi connectivity index (χ1) is 11.6. The predicted molar refractivity (Wildman–Crippen MR) is 98.4 cm³/mol. The summed E-state index contributed by atoms with van der Waals surface area (Å²) in [5.41, 5.74) is 3.40. The van der Waals surface area contributed by atoms with Gasteiger partial charge < -0.3 is 4.74 Å². The van der Waals surface area contributed by atoms with E-state index in [-0.39, 0.29) is 11.4 Å². The van der Waals surface area contributed by atoms with Crippen molar-refractivity contribution in [1.29, 1.82) is 0 Å². The minimum atomic E-state index is 0.0690. The van der Waals surface area contributed by atoms with Crippen molar-refractivity contribution in [2.45, 2.75) is 53.3 Å². The standard InChI is InChI=1S/C17H20ClN3O.C2H6/c1-12(2)22-16-14-11-21(10-13-6-4-3-5-7-13)9-8-15(14)19-17(18)20-16;1-2/h3-7,12H,8-11H2,1-2H3;1-2H3. The summed E-state index contributed by atoms with van der Waals surface area (Å²) in [6, 6.07) is 10.5. The van der Waals surface area contributed by atoms with E-state index in [2.05, 4.69) is 39.1 Å². The van der Waals surface area contributed by atoms with Crippen molar-refractivity contribution in [2.75, 3.05) is 6.54 Å². The molecule has 0 atom stereocenters. The van der Waals surface area contributed by atoms with Gasteiger partial charge in [0.2, 0.25) is 11.2 Å². The number of halogens is 1. The number of rotatable bonds is 4. The van der Waals surface area contributed by atoms with Crippen LogP contribution in [-0.4, -0.2) is 27.5 Å². The summed E-state index contributed by atoms with van der Waals surface area (Å²) in [6.45, 7) is 10.7. The van der Waals surface area contributed by atoms with Gasteiger partial charge in [0.25, 0.3) is 0 Å². The molecule has 1 aromatic heterocycles. The second-order valence-electron chi connectivity index (χ2n) is 5.84. The lowest BCUT2D eigenvalue weighted by Crippen LogP contribution is -2.31. The molecule has 0 bridgehead atoms. The number of ether oxygens (including phenoxy) is 1. The van der Waals surface area contributed by atoms with E-state index in [0.717, 1.165) is 37.3 Å². The predicted octanol–water partition coefficient (Wildman–Crippen LogP) is 4.50. The summed E-state index contributed by atoms with van der Waals surface area (Å²) in [7, 11) is 0. The minimum Gasteiger partial charge on any atom is -0.475 e. The highest BCUT2D eigenvalue weighted by Gasteiger charge is 2.23. The highest BCUT2D eigenvalue weighted by molar-refractivity contribution is 6.28. The molecule has 0 N–H and O–H groups in total. The van der Waals surface area contributed by atoms with E-state index in [9.17, 15) is 0 Å². The number of hydrogen-bond donors (Lipinski definition) is 0. The number of hydrogen-bond acceptors (Lipinski definition) is 4. The van der Waals surface area contributed by atoms with Crippen LogP contribution in [0.2, 0.25) is 5.28 Å². The van der Waals surface area contributed by atoms with Crippen LogP contribution >= 0.6 is 11.6 Å². The van der Waals surface area contributed by atoms with Crippen molar-refractivity contribution in [1.82, 2.24) is 14.9 Å². The average molecular weight is 348 g/mol. The molecule has 5 heteroatoms. The van der Waals surface area contributed by atoms with Gasteiger partial charge in [-0.25, -0.2) is 4.98 Å². The van der Waals surface area contributed by atoms with Gasteiger partial charge in [0, 0.05) is 26.1 Å². The molecule has 0 saturated heterocycles. The van der Waals surface area contributed by atoms with E-state index in [1.54, 1.807) is 0 Å². The van der Waals surface area contributed by atoms with Crippen LogP contribution in [0.1, 0.15) is 44.5 Å². The van der Waals surface area contributed by atoms with Crippen molar-refractivity contribution in [2.24, 2.45) is 0 Å². The summed E-state index contributed by atoms with van der Waals surface area (Å²) in [4.78, 5) is 11.0. The molecular formula is C19H26ClN3O. The highest BCUT2D eigenvalue weighted by atomic mass is 35.5. The van der Waals surface area contributed by atoms with Crippen LogP contribution in [0.25, 0.3) is 0 Å². The second-order valence-corrected chi connectivity index (χ2v) is 6.17. The van der Waals surface area contributed by atoms with Crippen molar-refractivity contribution in [3.05, 3.63) is 52.4 Å². The Morgan fingerprint density at radius 1 is 1.17 bits per heavy atom. The zero-order valence-corrected chi connectivity index (χ0v) is 15.7. The molecule has 1 aromatic carbocycles. The molecule has 1 aliphatic heterocycles. The van der Waals surface area contributed by atoms with Crippen molar-refractivity contribution in [3.8, 4) is 5.88 Å². The van der Waals surface area contributed by atoms with E-state index < -0.39 is 0 Å². The van der Waals surface area contributed by atoms with Crippen LogP contribution in [0, 0.1) is 0 Å². The van der Waals surface area contributed by atoms with Gasteiger partial charge >= 0.3 is 0 Å². The van der Waals surface area contributed by atoms with Crippen molar-refractivity contribution in [3.63, 3.8) is 0 Å². The normalized spacial score (nSPS) is 13.9. The Labute approximate surface area is 149 Å². The second kappa shape index (κ2) is 9.00. The third-order valence-electron chi connectivity index (χ3n) is 3.67. The summed E-state index contributed by atoms with van der Waals surface area (Å²) in [6.07, 6.45) is 0.943. The first-order valence-electron chi connectivity index (χ1n) is 8.60. The molecule has 0 aliphatic carbocycles. The van der Waals surface area contributed by atoms with Gasteiger partial charge in [-0.1, -0.05) is 44.2 Å². The van der Waals surface area contributed by atoms with Crippen LogP contribution in [0.5, 0.6) is 5.88 Å². The lowest BCUT2D eigenvalue weighted by Gasteiger charge is -2.29. The number of aromatic nitrogens is 2. The average Bonchev–Trinajstić information content (AvgIpc) is 2.57. The Morgan fingerprint density at radius 2 is 1.88 bits per heavy atom. The molecule has 0 fully saturated rings. The fourth-order valence-corrected chi connectivity index (χ4v) is 2.89. The molecule has 130 valence electrons. The van der Waals surface area contributed by atoms with Crippen LogP contribution in [0.15, 0.2) is 30.3 Å². The van der Waals surface area contributed by atoms with Gasteiger partial charge in [-0.2, -0.15) is 4.98 Å². The third-order valence-corrected chi connectivity index (χ3v) is 3.84. The van der Waals surface area contributed by atoms with Crippen LogP contribution in [0.4, 0.5) is 0 Å². The van der Waals surface area contributed by atoms with Crippen molar-refractivity contribution < 1.29 is 4.74 Å².